The second-order valence-electron chi connectivity index (χ2n) is 3.92. The summed E-state index contributed by atoms with van der Waals surface area (Å²) in [6, 6.07) is 7.52. The molecule has 0 amide bonds. The van der Waals surface area contributed by atoms with Gasteiger partial charge in [-0.05, 0) is 31.5 Å². The highest BCUT2D eigenvalue weighted by Gasteiger charge is 2.05. The van der Waals surface area contributed by atoms with E-state index in [4.69, 9.17) is 5.73 Å². The number of benzene rings is 1. The molecule has 6 nitrogen and oxygen atoms in total. The molecular formula is C12H13N5O. The lowest BCUT2D eigenvalue weighted by molar-refractivity contribution is 1.05. The van der Waals surface area contributed by atoms with Crippen LogP contribution in [0.1, 0.15) is 11.3 Å². The summed E-state index contributed by atoms with van der Waals surface area (Å²) in [5.74, 6) is 0.0759. The zero-order chi connectivity index (χ0) is 13.1. The molecule has 1 aromatic carbocycles. The maximum Gasteiger partial charge on any atom is 0.280 e. The van der Waals surface area contributed by atoms with Gasteiger partial charge in [-0.25, -0.2) is 4.98 Å². The van der Waals surface area contributed by atoms with E-state index >= 15 is 0 Å². The lowest BCUT2D eigenvalue weighted by Gasteiger charge is -1.99. The number of H-pyrrole nitrogens is 1. The molecule has 6 heteroatoms. The first-order valence-corrected chi connectivity index (χ1v) is 5.41. The Morgan fingerprint density at radius 3 is 2.72 bits per heavy atom. The van der Waals surface area contributed by atoms with Gasteiger partial charge in [-0.3, -0.25) is 9.78 Å². The van der Waals surface area contributed by atoms with E-state index in [1.54, 1.807) is 6.92 Å². The van der Waals surface area contributed by atoms with Gasteiger partial charge in [-0.2, -0.15) is 5.11 Å². The van der Waals surface area contributed by atoms with E-state index in [1.807, 2.05) is 31.2 Å². The van der Waals surface area contributed by atoms with E-state index in [2.05, 4.69) is 20.2 Å². The number of azo groups is 1. The van der Waals surface area contributed by atoms with E-state index in [0.29, 0.717) is 11.4 Å². The first-order chi connectivity index (χ1) is 8.56. The number of aromatic amines is 1. The number of hydrogen-bond acceptors (Lipinski definition) is 5. The molecule has 3 N–H and O–H groups in total. The molecule has 0 spiro atoms. The molecule has 2 rings (SSSR count). The van der Waals surface area contributed by atoms with Gasteiger partial charge in [0, 0.05) is 0 Å². The summed E-state index contributed by atoms with van der Waals surface area (Å²) in [6.07, 6.45) is 0. The number of nitrogens with one attached hydrogen (secondary N) is 1. The summed E-state index contributed by atoms with van der Waals surface area (Å²) in [4.78, 5) is 17.9. The van der Waals surface area contributed by atoms with E-state index in [1.165, 1.54) is 0 Å². The second-order valence-corrected chi connectivity index (χ2v) is 3.92. The molecule has 1 aromatic heterocycles. The van der Waals surface area contributed by atoms with Crippen LogP contribution in [0, 0.1) is 13.8 Å². The Bertz CT molecular complexity index is 660. The normalized spacial score (nSPS) is 11.0. The van der Waals surface area contributed by atoms with Crippen molar-refractivity contribution in [1.82, 2.24) is 9.97 Å². The number of aryl methyl sites for hydroxylation is 2. The van der Waals surface area contributed by atoms with Crippen LogP contribution in [0.2, 0.25) is 0 Å². The predicted octanol–water partition coefficient (Wildman–Crippen LogP) is 2.38. The van der Waals surface area contributed by atoms with Gasteiger partial charge >= 0.3 is 0 Å². The third kappa shape index (κ3) is 2.60. The first kappa shape index (κ1) is 12.0. The molecule has 0 aliphatic carbocycles. The minimum atomic E-state index is -0.392. The molecule has 0 saturated heterocycles. The SMILES string of the molecule is Cc1cccc(N=Nc2c(C)nc(N)[nH]c2=O)c1. The van der Waals surface area contributed by atoms with Crippen molar-refractivity contribution in [2.75, 3.05) is 5.73 Å². The lowest BCUT2D eigenvalue weighted by Crippen LogP contribution is -2.11. The van der Waals surface area contributed by atoms with Gasteiger partial charge in [-0.1, -0.05) is 12.1 Å². The van der Waals surface area contributed by atoms with Crippen LogP contribution in [0.15, 0.2) is 39.3 Å². The molecule has 1 heterocycles. The van der Waals surface area contributed by atoms with Crippen molar-refractivity contribution in [3.05, 3.63) is 45.9 Å². The van der Waals surface area contributed by atoms with Crippen molar-refractivity contribution < 1.29 is 0 Å². The van der Waals surface area contributed by atoms with Crippen molar-refractivity contribution in [2.24, 2.45) is 10.2 Å². The number of hydrogen-bond donors (Lipinski definition) is 2. The summed E-state index contributed by atoms with van der Waals surface area (Å²) in [7, 11) is 0. The van der Waals surface area contributed by atoms with E-state index < -0.39 is 5.56 Å². The molecular weight excluding hydrogens is 230 g/mol. The maximum atomic E-state index is 11.6. The maximum absolute atomic E-state index is 11.6. The Labute approximate surface area is 104 Å². The number of nitrogens with zero attached hydrogens (tertiary/aromatic N) is 3. The molecule has 0 atom stereocenters. The molecule has 0 aliphatic heterocycles. The van der Waals surface area contributed by atoms with Gasteiger partial charge in [0.1, 0.15) is 0 Å². The zero-order valence-corrected chi connectivity index (χ0v) is 10.1. The molecule has 0 unspecified atom stereocenters. The van der Waals surface area contributed by atoms with Crippen LogP contribution in [-0.2, 0) is 0 Å². The van der Waals surface area contributed by atoms with Crippen molar-refractivity contribution in [3.8, 4) is 0 Å². The lowest BCUT2D eigenvalue weighted by atomic mass is 10.2. The minimum Gasteiger partial charge on any atom is -0.369 e. The number of aromatic nitrogens is 2. The summed E-state index contributed by atoms with van der Waals surface area (Å²) in [5.41, 5.74) is 7.41. The Kier molecular flexibility index (Phi) is 3.18. The highest BCUT2D eigenvalue weighted by atomic mass is 16.1. The highest BCUT2D eigenvalue weighted by Crippen LogP contribution is 2.18. The van der Waals surface area contributed by atoms with Gasteiger partial charge < -0.3 is 5.73 Å². The number of rotatable bonds is 2. The van der Waals surface area contributed by atoms with Crippen molar-refractivity contribution >= 4 is 17.3 Å². The Morgan fingerprint density at radius 1 is 1.28 bits per heavy atom. The van der Waals surface area contributed by atoms with Crippen LogP contribution in [0.5, 0.6) is 0 Å². The summed E-state index contributed by atoms with van der Waals surface area (Å²) >= 11 is 0. The molecule has 0 radical (unpaired) electrons. The predicted molar refractivity (Wildman–Crippen MR) is 69.4 cm³/mol. The van der Waals surface area contributed by atoms with Crippen LogP contribution < -0.4 is 11.3 Å². The molecule has 0 aliphatic rings. The van der Waals surface area contributed by atoms with Crippen LogP contribution >= 0.6 is 0 Å². The Morgan fingerprint density at radius 2 is 2.06 bits per heavy atom. The quantitative estimate of drug-likeness (QED) is 0.792. The minimum absolute atomic E-state index is 0.0759. The first-order valence-electron chi connectivity index (χ1n) is 5.41. The van der Waals surface area contributed by atoms with Gasteiger partial charge in [0.25, 0.3) is 5.56 Å². The topological polar surface area (TPSA) is 96.5 Å². The number of anilines is 1. The Hall–Kier alpha value is -2.50. The van der Waals surface area contributed by atoms with Crippen LogP contribution in [0.3, 0.4) is 0 Å². The highest BCUT2D eigenvalue weighted by molar-refractivity contribution is 5.43. The van der Waals surface area contributed by atoms with Crippen LogP contribution in [0.4, 0.5) is 17.3 Å². The average molecular weight is 243 g/mol. The summed E-state index contributed by atoms with van der Waals surface area (Å²) in [6.45, 7) is 3.62. The zero-order valence-electron chi connectivity index (χ0n) is 10.1. The molecule has 0 bridgehead atoms. The average Bonchev–Trinajstić information content (AvgIpc) is 2.27. The molecule has 0 saturated carbocycles. The van der Waals surface area contributed by atoms with Crippen molar-refractivity contribution in [3.63, 3.8) is 0 Å². The van der Waals surface area contributed by atoms with Gasteiger partial charge in [-0.15, -0.1) is 5.11 Å². The fraction of sp³-hybridized carbons (Fsp3) is 0.167. The fourth-order valence-corrected chi connectivity index (χ4v) is 1.52. The van der Waals surface area contributed by atoms with E-state index in [0.717, 1.165) is 5.56 Å². The third-order valence-corrected chi connectivity index (χ3v) is 2.35. The van der Waals surface area contributed by atoms with Gasteiger partial charge in [0.05, 0.1) is 11.4 Å². The third-order valence-electron chi connectivity index (χ3n) is 2.35. The summed E-state index contributed by atoms with van der Waals surface area (Å²) in [5, 5.41) is 7.93. The summed E-state index contributed by atoms with van der Waals surface area (Å²) < 4.78 is 0. The largest absolute Gasteiger partial charge is 0.369 e. The standard InChI is InChI=1S/C12H13N5O/c1-7-4-3-5-9(6-7)16-17-10-8(2)14-12(13)15-11(10)18/h3-6H,1-2H3,(H3,13,14,15,18). The number of nitrogens with two attached hydrogens (primary N) is 1. The van der Waals surface area contributed by atoms with E-state index in [-0.39, 0.29) is 11.6 Å². The molecule has 18 heavy (non-hydrogen) atoms. The van der Waals surface area contributed by atoms with Crippen molar-refractivity contribution in [1.29, 1.82) is 0 Å². The van der Waals surface area contributed by atoms with Crippen LogP contribution in [-0.4, -0.2) is 9.97 Å². The van der Waals surface area contributed by atoms with Gasteiger partial charge in [0.15, 0.2) is 5.69 Å². The molecule has 92 valence electrons. The van der Waals surface area contributed by atoms with Gasteiger partial charge in [0.2, 0.25) is 5.95 Å². The van der Waals surface area contributed by atoms with Crippen molar-refractivity contribution in [2.45, 2.75) is 13.8 Å². The molecule has 2 aromatic rings. The Balaban J connectivity index is 2.38. The molecule has 0 fully saturated rings. The van der Waals surface area contributed by atoms with E-state index in [9.17, 15) is 4.79 Å². The van der Waals surface area contributed by atoms with Crippen LogP contribution in [0.25, 0.3) is 0 Å². The second kappa shape index (κ2) is 4.79. The fourth-order valence-electron chi connectivity index (χ4n) is 1.52. The smallest absolute Gasteiger partial charge is 0.280 e. The monoisotopic (exact) mass is 243 g/mol. The number of nitrogen functional groups attached to an aromatic ring is 1.